The van der Waals surface area contributed by atoms with Crippen molar-refractivity contribution in [3.63, 3.8) is 0 Å². The summed E-state index contributed by atoms with van der Waals surface area (Å²) in [5, 5.41) is 3.79. The molecule has 0 aliphatic rings. The average Bonchev–Trinajstić information content (AvgIpc) is 3.40. The van der Waals surface area contributed by atoms with Crippen molar-refractivity contribution in [2.75, 3.05) is 6.26 Å². The van der Waals surface area contributed by atoms with E-state index < -0.39 is 15.7 Å². The van der Waals surface area contributed by atoms with Gasteiger partial charge in [0.1, 0.15) is 0 Å². The Balaban J connectivity index is 1.78. The highest BCUT2D eigenvalue weighted by Crippen LogP contribution is 2.36. The van der Waals surface area contributed by atoms with E-state index in [1.165, 1.54) is 6.26 Å². The molecule has 2 heterocycles. The third-order valence-corrected chi connectivity index (χ3v) is 7.66. The highest BCUT2D eigenvalue weighted by Gasteiger charge is 2.18. The second kappa shape index (κ2) is 7.62. The summed E-state index contributed by atoms with van der Waals surface area (Å²) in [7, 11) is -3.31. The second-order valence-electron chi connectivity index (χ2n) is 7.78. The first-order chi connectivity index (χ1) is 15.3. The van der Waals surface area contributed by atoms with Crippen molar-refractivity contribution >= 4 is 48.9 Å². The molecule has 160 valence electrons. The minimum absolute atomic E-state index is 0.285. The van der Waals surface area contributed by atoms with Crippen LogP contribution in [0, 0.1) is 0 Å². The normalized spacial score (nSPS) is 11.9. The fourth-order valence-electron chi connectivity index (χ4n) is 4.17. The summed E-state index contributed by atoms with van der Waals surface area (Å²) in [6.45, 7) is 0.458. The number of thiophene rings is 1. The van der Waals surface area contributed by atoms with Crippen molar-refractivity contribution in [2.45, 2.75) is 11.4 Å². The van der Waals surface area contributed by atoms with E-state index in [1.54, 1.807) is 35.6 Å². The molecule has 5 aromatic rings. The number of nitrogens with two attached hydrogens (primary N) is 1. The van der Waals surface area contributed by atoms with Crippen LogP contribution in [0.3, 0.4) is 0 Å². The first-order valence-corrected chi connectivity index (χ1v) is 12.8. The lowest BCUT2D eigenvalue weighted by Crippen LogP contribution is -2.11. The third-order valence-electron chi connectivity index (χ3n) is 5.63. The lowest BCUT2D eigenvalue weighted by Gasteiger charge is -2.10. The molecule has 5 nitrogen and oxygen atoms in total. The fraction of sp³-hybridized carbons (Fsp3) is 0.0800. The van der Waals surface area contributed by atoms with E-state index in [-0.39, 0.29) is 4.90 Å². The van der Waals surface area contributed by atoms with E-state index in [1.807, 2.05) is 35.7 Å². The summed E-state index contributed by atoms with van der Waals surface area (Å²) in [5.74, 6) is -0.476. The number of hydrogen-bond donors (Lipinski definition) is 1. The SMILES string of the molecule is CS(=O)(=O)c1cccc(Cn2c3cc(-c4cccs4)ccc3c3c(C(N)=O)cccc32)c1. The largest absolute Gasteiger partial charge is 0.366 e. The van der Waals surface area contributed by atoms with Crippen molar-refractivity contribution in [1.82, 2.24) is 4.57 Å². The minimum Gasteiger partial charge on any atom is -0.366 e. The number of primary amides is 1. The maximum Gasteiger partial charge on any atom is 0.249 e. The van der Waals surface area contributed by atoms with Crippen LogP contribution in [-0.4, -0.2) is 25.1 Å². The van der Waals surface area contributed by atoms with Gasteiger partial charge < -0.3 is 10.3 Å². The number of amides is 1. The van der Waals surface area contributed by atoms with E-state index in [0.717, 1.165) is 37.8 Å². The summed E-state index contributed by atoms with van der Waals surface area (Å²) in [5.41, 5.74) is 9.95. The Hall–Kier alpha value is -3.42. The van der Waals surface area contributed by atoms with Crippen molar-refractivity contribution < 1.29 is 13.2 Å². The van der Waals surface area contributed by atoms with Gasteiger partial charge in [-0.1, -0.05) is 36.4 Å². The van der Waals surface area contributed by atoms with Crippen LogP contribution in [0.4, 0.5) is 0 Å². The van der Waals surface area contributed by atoms with E-state index in [2.05, 4.69) is 22.8 Å². The summed E-state index contributed by atoms with van der Waals surface area (Å²) in [6.07, 6.45) is 1.21. The number of aromatic nitrogens is 1. The van der Waals surface area contributed by atoms with Gasteiger partial charge in [-0.15, -0.1) is 11.3 Å². The summed E-state index contributed by atoms with van der Waals surface area (Å²) >= 11 is 1.66. The average molecular weight is 461 g/mol. The molecule has 7 heteroatoms. The molecular weight excluding hydrogens is 440 g/mol. The molecule has 0 unspecified atom stereocenters. The summed E-state index contributed by atoms with van der Waals surface area (Å²) in [4.78, 5) is 13.6. The molecule has 5 rings (SSSR count). The highest BCUT2D eigenvalue weighted by molar-refractivity contribution is 7.90. The number of rotatable bonds is 5. The Labute approximate surface area is 189 Å². The molecule has 0 aliphatic heterocycles. The van der Waals surface area contributed by atoms with Crippen LogP contribution in [0.15, 0.2) is 83.1 Å². The van der Waals surface area contributed by atoms with Crippen molar-refractivity contribution in [3.05, 3.63) is 89.3 Å². The van der Waals surface area contributed by atoms with Crippen LogP contribution < -0.4 is 5.73 Å². The van der Waals surface area contributed by atoms with Gasteiger partial charge in [0.25, 0.3) is 0 Å². The van der Waals surface area contributed by atoms with Crippen LogP contribution in [0.2, 0.25) is 0 Å². The molecule has 0 saturated carbocycles. The summed E-state index contributed by atoms with van der Waals surface area (Å²) < 4.78 is 26.2. The minimum atomic E-state index is -3.31. The van der Waals surface area contributed by atoms with Gasteiger partial charge >= 0.3 is 0 Å². The number of carbonyl (C=O) groups is 1. The molecule has 0 spiro atoms. The lowest BCUT2D eigenvalue weighted by molar-refractivity contribution is 0.100. The molecule has 0 radical (unpaired) electrons. The molecule has 3 aromatic carbocycles. The first kappa shape index (κ1) is 20.5. The number of carbonyl (C=O) groups excluding carboxylic acids is 1. The predicted molar refractivity (Wildman–Crippen MR) is 130 cm³/mol. The number of hydrogen-bond acceptors (Lipinski definition) is 4. The highest BCUT2D eigenvalue weighted by atomic mass is 32.2. The lowest BCUT2D eigenvalue weighted by atomic mass is 10.0. The van der Waals surface area contributed by atoms with Gasteiger partial charge in [0.05, 0.1) is 15.9 Å². The van der Waals surface area contributed by atoms with Crippen molar-refractivity contribution in [1.29, 1.82) is 0 Å². The van der Waals surface area contributed by atoms with Gasteiger partial charge in [-0.2, -0.15) is 0 Å². The smallest absolute Gasteiger partial charge is 0.249 e. The molecule has 32 heavy (non-hydrogen) atoms. The fourth-order valence-corrected chi connectivity index (χ4v) is 5.59. The Kier molecular flexibility index (Phi) is 4.87. The third kappa shape index (κ3) is 3.49. The molecule has 0 aliphatic carbocycles. The van der Waals surface area contributed by atoms with E-state index in [0.29, 0.717) is 12.1 Å². The van der Waals surface area contributed by atoms with Crippen LogP contribution in [-0.2, 0) is 16.4 Å². The monoisotopic (exact) mass is 460 g/mol. The molecule has 2 aromatic heterocycles. The first-order valence-electron chi connectivity index (χ1n) is 10.0. The molecule has 0 atom stereocenters. The van der Waals surface area contributed by atoms with E-state index in [9.17, 15) is 13.2 Å². The van der Waals surface area contributed by atoms with Gasteiger partial charge in [-0.3, -0.25) is 4.79 Å². The van der Waals surface area contributed by atoms with Crippen LogP contribution in [0.5, 0.6) is 0 Å². The molecule has 0 fully saturated rings. The van der Waals surface area contributed by atoms with Gasteiger partial charge in [0.15, 0.2) is 9.84 Å². The second-order valence-corrected chi connectivity index (χ2v) is 10.7. The molecule has 0 saturated heterocycles. The quantitative estimate of drug-likeness (QED) is 0.397. The zero-order valence-corrected chi connectivity index (χ0v) is 18.9. The molecular formula is C25H20N2O3S2. The topological polar surface area (TPSA) is 82.2 Å². The van der Waals surface area contributed by atoms with Crippen molar-refractivity contribution in [2.24, 2.45) is 5.73 Å². The maximum absolute atomic E-state index is 12.2. The molecule has 2 N–H and O–H groups in total. The van der Waals surface area contributed by atoms with Crippen molar-refractivity contribution in [3.8, 4) is 10.4 Å². The van der Waals surface area contributed by atoms with Crippen LogP contribution in [0.25, 0.3) is 32.2 Å². The predicted octanol–water partition coefficient (Wildman–Crippen LogP) is 5.07. The summed E-state index contributed by atoms with van der Waals surface area (Å²) in [6, 6.07) is 22.8. The number of nitrogens with zero attached hydrogens (tertiary/aromatic N) is 1. The Morgan fingerprint density at radius 2 is 1.78 bits per heavy atom. The Morgan fingerprint density at radius 1 is 0.969 bits per heavy atom. The molecule has 0 bridgehead atoms. The Bertz CT molecular complexity index is 1600. The van der Waals surface area contributed by atoms with Gasteiger partial charge in [-0.05, 0) is 52.9 Å². The zero-order valence-electron chi connectivity index (χ0n) is 17.3. The van der Waals surface area contributed by atoms with E-state index >= 15 is 0 Å². The number of fused-ring (bicyclic) bond motifs is 3. The Morgan fingerprint density at radius 3 is 2.50 bits per heavy atom. The van der Waals surface area contributed by atoms with E-state index in [4.69, 9.17) is 5.73 Å². The zero-order chi connectivity index (χ0) is 22.5. The van der Waals surface area contributed by atoms with Crippen LogP contribution in [0.1, 0.15) is 15.9 Å². The maximum atomic E-state index is 12.2. The standard InChI is InChI=1S/C25H20N2O3S2/c1-32(29,30)18-6-2-5-16(13-18)15-27-21-8-3-7-20(25(26)28)24(21)19-11-10-17(14-22(19)27)23-9-4-12-31-23/h2-14H,15H2,1H3,(H2,26,28). The van der Waals surface area contributed by atoms with Gasteiger partial charge in [-0.25, -0.2) is 8.42 Å². The number of benzene rings is 3. The van der Waals surface area contributed by atoms with Gasteiger partial charge in [0, 0.05) is 34.0 Å². The van der Waals surface area contributed by atoms with Gasteiger partial charge in [0.2, 0.25) is 5.91 Å². The number of sulfone groups is 1. The molecule has 1 amide bonds. The van der Waals surface area contributed by atoms with Crippen LogP contribution >= 0.6 is 11.3 Å².